The van der Waals surface area contributed by atoms with Gasteiger partial charge in [-0.25, -0.2) is 4.98 Å². The van der Waals surface area contributed by atoms with Crippen molar-refractivity contribution >= 4 is 21.4 Å². The van der Waals surface area contributed by atoms with Crippen LogP contribution in [0.3, 0.4) is 0 Å². The fourth-order valence-electron chi connectivity index (χ4n) is 2.58. The SMILES string of the molecule is O=c1ccnc2sc(N3CCN(Cc4ccco4)CC3)nn12. The van der Waals surface area contributed by atoms with Gasteiger partial charge in [-0.2, -0.15) is 4.52 Å². The van der Waals surface area contributed by atoms with Gasteiger partial charge in [0.25, 0.3) is 5.56 Å². The largest absolute Gasteiger partial charge is 0.468 e. The maximum absolute atomic E-state index is 11.7. The molecule has 1 aliphatic rings. The molecule has 1 saturated heterocycles. The van der Waals surface area contributed by atoms with Gasteiger partial charge in [0.05, 0.1) is 12.8 Å². The Hall–Kier alpha value is -2.19. The smallest absolute Gasteiger partial charge is 0.275 e. The molecule has 1 aliphatic heterocycles. The lowest BCUT2D eigenvalue weighted by atomic mass is 10.3. The van der Waals surface area contributed by atoms with Crippen LogP contribution < -0.4 is 10.5 Å². The zero-order chi connectivity index (χ0) is 14.9. The third-order valence-electron chi connectivity index (χ3n) is 3.76. The summed E-state index contributed by atoms with van der Waals surface area (Å²) in [4.78, 5) is 21.1. The molecule has 0 atom stereocenters. The van der Waals surface area contributed by atoms with Crippen molar-refractivity contribution in [2.45, 2.75) is 6.54 Å². The van der Waals surface area contributed by atoms with Gasteiger partial charge in [0.15, 0.2) is 0 Å². The Kier molecular flexibility index (Phi) is 3.39. The summed E-state index contributed by atoms with van der Waals surface area (Å²) in [5.74, 6) is 0.990. The molecule has 3 aromatic heterocycles. The first-order chi connectivity index (χ1) is 10.8. The van der Waals surface area contributed by atoms with Gasteiger partial charge in [-0.1, -0.05) is 11.3 Å². The predicted molar refractivity (Wildman–Crippen MR) is 83.3 cm³/mol. The molecule has 0 radical (unpaired) electrons. The first-order valence-corrected chi connectivity index (χ1v) is 7.96. The zero-order valence-corrected chi connectivity index (χ0v) is 12.7. The van der Waals surface area contributed by atoms with Crippen LogP contribution in [0.25, 0.3) is 4.96 Å². The van der Waals surface area contributed by atoms with Gasteiger partial charge in [0, 0.05) is 38.4 Å². The summed E-state index contributed by atoms with van der Waals surface area (Å²) in [7, 11) is 0. The average Bonchev–Trinajstić information content (AvgIpc) is 3.18. The number of piperazine rings is 1. The summed E-state index contributed by atoms with van der Waals surface area (Å²) in [6.45, 7) is 4.49. The molecule has 0 aromatic carbocycles. The van der Waals surface area contributed by atoms with E-state index in [4.69, 9.17) is 4.42 Å². The number of hydrogen-bond acceptors (Lipinski definition) is 7. The van der Waals surface area contributed by atoms with Crippen LogP contribution in [0.15, 0.2) is 39.9 Å². The van der Waals surface area contributed by atoms with Crippen molar-refractivity contribution in [2.24, 2.45) is 0 Å². The molecule has 0 saturated carbocycles. The lowest BCUT2D eigenvalue weighted by Crippen LogP contribution is -2.46. The molecule has 0 aliphatic carbocycles. The summed E-state index contributed by atoms with van der Waals surface area (Å²) in [5.41, 5.74) is -0.135. The molecular formula is C14H15N5O2S. The van der Waals surface area contributed by atoms with Gasteiger partial charge in [0.1, 0.15) is 5.76 Å². The highest BCUT2D eigenvalue weighted by Crippen LogP contribution is 2.22. The second-order valence-corrected chi connectivity index (χ2v) is 6.14. The van der Waals surface area contributed by atoms with Crippen LogP contribution in [-0.4, -0.2) is 45.7 Å². The van der Waals surface area contributed by atoms with Crippen molar-refractivity contribution in [1.29, 1.82) is 0 Å². The highest BCUT2D eigenvalue weighted by atomic mass is 32.1. The molecular weight excluding hydrogens is 302 g/mol. The summed E-state index contributed by atoms with van der Waals surface area (Å²) in [6, 6.07) is 5.34. The molecule has 8 heteroatoms. The van der Waals surface area contributed by atoms with Crippen molar-refractivity contribution in [1.82, 2.24) is 19.5 Å². The maximum atomic E-state index is 11.7. The standard InChI is InChI=1S/C14H15N5O2S/c20-12-3-4-15-13-19(12)16-14(22-13)18-7-5-17(6-8-18)10-11-2-1-9-21-11/h1-4,9H,5-8,10H2. The Balaban J connectivity index is 1.46. The third-order valence-corrected chi connectivity index (χ3v) is 4.75. The van der Waals surface area contributed by atoms with Gasteiger partial charge in [-0.05, 0) is 12.1 Å². The van der Waals surface area contributed by atoms with E-state index < -0.39 is 0 Å². The summed E-state index contributed by atoms with van der Waals surface area (Å²) >= 11 is 1.45. The van der Waals surface area contributed by atoms with Crippen molar-refractivity contribution in [2.75, 3.05) is 31.1 Å². The summed E-state index contributed by atoms with van der Waals surface area (Å²) in [5, 5.41) is 5.24. The molecule has 1 fully saturated rings. The van der Waals surface area contributed by atoms with E-state index in [2.05, 4.69) is 19.9 Å². The van der Waals surface area contributed by atoms with Crippen LogP contribution in [0.4, 0.5) is 5.13 Å². The van der Waals surface area contributed by atoms with E-state index in [1.807, 2.05) is 12.1 Å². The molecule has 114 valence electrons. The van der Waals surface area contributed by atoms with E-state index in [9.17, 15) is 4.79 Å². The first-order valence-electron chi connectivity index (χ1n) is 7.14. The van der Waals surface area contributed by atoms with Crippen molar-refractivity contribution < 1.29 is 4.42 Å². The Bertz CT molecular complexity index is 817. The first kappa shape index (κ1) is 13.5. The number of anilines is 1. The molecule has 0 amide bonds. The minimum Gasteiger partial charge on any atom is -0.468 e. The van der Waals surface area contributed by atoms with E-state index in [-0.39, 0.29) is 5.56 Å². The van der Waals surface area contributed by atoms with Gasteiger partial charge < -0.3 is 9.32 Å². The van der Waals surface area contributed by atoms with Crippen molar-refractivity contribution in [3.8, 4) is 0 Å². The van der Waals surface area contributed by atoms with Crippen LogP contribution in [0.2, 0.25) is 0 Å². The minimum absolute atomic E-state index is 0.135. The number of rotatable bonds is 3. The zero-order valence-electron chi connectivity index (χ0n) is 11.9. The molecule has 4 rings (SSSR count). The van der Waals surface area contributed by atoms with E-state index in [0.29, 0.717) is 4.96 Å². The number of nitrogens with zero attached hydrogens (tertiary/aromatic N) is 5. The highest BCUT2D eigenvalue weighted by Gasteiger charge is 2.21. The molecule has 0 unspecified atom stereocenters. The lowest BCUT2D eigenvalue weighted by molar-refractivity contribution is 0.230. The summed E-state index contributed by atoms with van der Waals surface area (Å²) in [6.07, 6.45) is 3.23. The molecule has 7 nitrogen and oxygen atoms in total. The van der Waals surface area contributed by atoms with Crippen LogP contribution in [0.5, 0.6) is 0 Å². The molecule has 3 aromatic rings. The van der Waals surface area contributed by atoms with Gasteiger partial charge in [-0.15, -0.1) is 5.10 Å². The van der Waals surface area contributed by atoms with Gasteiger partial charge in [0.2, 0.25) is 10.1 Å². The topological polar surface area (TPSA) is 66.9 Å². The van der Waals surface area contributed by atoms with E-state index in [0.717, 1.165) is 43.6 Å². The van der Waals surface area contributed by atoms with Gasteiger partial charge in [-0.3, -0.25) is 9.69 Å². The Morgan fingerprint density at radius 2 is 2.09 bits per heavy atom. The molecule has 0 bridgehead atoms. The highest BCUT2D eigenvalue weighted by molar-refractivity contribution is 7.20. The normalized spacial score (nSPS) is 16.5. The molecule has 0 N–H and O–H groups in total. The molecule has 0 spiro atoms. The number of hydrogen-bond donors (Lipinski definition) is 0. The Morgan fingerprint density at radius 3 is 2.82 bits per heavy atom. The van der Waals surface area contributed by atoms with Crippen LogP contribution >= 0.6 is 11.3 Å². The van der Waals surface area contributed by atoms with Crippen molar-refractivity contribution in [3.63, 3.8) is 0 Å². The van der Waals surface area contributed by atoms with Crippen LogP contribution in [0.1, 0.15) is 5.76 Å². The van der Waals surface area contributed by atoms with Gasteiger partial charge >= 0.3 is 0 Å². The molecule has 4 heterocycles. The number of fused-ring (bicyclic) bond motifs is 1. The molecule has 22 heavy (non-hydrogen) atoms. The average molecular weight is 317 g/mol. The summed E-state index contributed by atoms with van der Waals surface area (Å²) < 4.78 is 6.76. The number of furan rings is 1. The fourth-order valence-corrected chi connectivity index (χ4v) is 3.51. The van der Waals surface area contributed by atoms with Crippen LogP contribution in [-0.2, 0) is 6.54 Å². The van der Waals surface area contributed by atoms with Crippen molar-refractivity contribution in [3.05, 3.63) is 46.8 Å². The van der Waals surface area contributed by atoms with E-state index in [1.165, 1.54) is 28.1 Å². The lowest BCUT2D eigenvalue weighted by Gasteiger charge is -2.33. The maximum Gasteiger partial charge on any atom is 0.275 e. The second-order valence-electron chi connectivity index (χ2n) is 5.20. The Labute approximate surface area is 130 Å². The second kappa shape index (κ2) is 5.54. The fraction of sp³-hybridized carbons (Fsp3) is 0.357. The van der Waals surface area contributed by atoms with E-state index >= 15 is 0 Å². The minimum atomic E-state index is -0.135. The monoisotopic (exact) mass is 317 g/mol. The van der Waals surface area contributed by atoms with E-state index in [1.54, 1.807) is 6.26 Å². The van der Waals surface area contributed by atoms with Crippen LogP contribution in [0, 0.1) is 0 Å². The predicted octanol–water partition coefficient (Wildman–Crippen LogP) is 1.07. The number of aromatic nitrogens is 3. The third kappa shape index (κ3) is 2.51. The Morgan fingerprint density at radius 1 is 1.23 bits per heavy atom. The quantitative estimate of drug-likeness (QED) is 0.720.